The molecule has 0 spiro atoms. The minimum absolute atomic E-state index is 0.00585. The molecule has 0 radical (unpaired) electrons. The highest BCUT2D eigenvalue weighted by molar-refractivity contribution is 6.51. The number of aromatic nitrogens is 1. The molecule has 0 bridgehead atoms. The van der Waals surface area contributed by atoms with E-state index in [-0.39, 0.29) is 11.3 Å². The fraction of sp³-hybridized carbons (Fsp3) is 0.222. The summed E-state index contributed by atoms with van der Waals surface area (Å²) in [4.78, 5) is 32.4. The van der Waals surface area contributed by atoms with Gasteiger partial charge >= 0.3 is 0 Å². The number of Topliss-reactive ketones (excluding diaryl/α,β-unsaturated/α-hetero) is 1. The third-order valence-corrected chi connectivity index (χ3v) is 5.60. The van der Waals surface area contributed by atoms with Crippen LogP contribution in [-0.2, 0) is 9.59 Å². The second-order valence-electron chi connectivity index (χ2n) is 8.09. The lowest BCUT2D eigenvalue weighted by Crippen LogP contribution is -2.30. The van der Waals surface area contributed by atoms with E-state index in [1.807, 2.05) is 39.0 Å². The summed E-state index contributed by atoms with van der Waals surface area (Å²) in [6.07, 6.45) is 2.45. The second-order valence-corrected chi connectivity index (χ2v) is 8.09. The van der Waals surface area contributed by atoms with Crippen molar-refractivity contribution < 1.29 is 19.4 Å². The summed E-state index contributed by atoms with van der Waals surface area (Å²) in [6, 6.07) is 17.0. The van der Waals surface area contributed by atoms with Crippen molar-refractivity contribution in [2.45, 2.75) is 33.2 Å². The monoisotopic (exact) mass is 442 g/mol. The third kappa shape index (κ3) is 4.24. The summed E-state index contributed by atoms with van der Waals surface area (Å²) in [5.41, 5.74) is 3.42. The lowest BCUT2D eigenvalue weighted by molar-refractivity contribution is -0.132. The number of nitrogens with zero attached hydrogens (tertiary/aromatic N) is 2. The summed E-state index contributed by atoms with van der Waals surface area (Å²) >= 11 is 0. The van der Waals surface area contributed by atoms with Crippen LogP contribution in [-0.4, -0.2) is 28.4 Å². The number of rotatable bonds is 6. The van der Waals surface area contributed by atoms with Crippen molar-refractivity contribution in [3.8, 4) is 5.75 Å². The molecule has 33 heavy (non-hydrogen) atoms. The highest BCUT2D eigenvalue weighted by atomic mass is 16.5. The van der Waals surface area contributed by atoms with Crippen molar-refractivity contribution in [2.24, 2.45) is 0 Å². The standard InChI is InChI=1S/C27H26N2O4/c1-4-14-33-20-9-7-8-19(16-20)25(30)23-24(21-10-5-6-13-28-21)29(27(32)26(23)31)22-12-11-17(2)15-18(22)3/h5-13,15-16,24,30H,4,14H2,1-3H3/b25-23+. The average molecular weight is 443 g/mol. The van der Waals surface area contributed by atoms with Gasteiger partial charge in [-0.2, -0.15) is 0 Å². The molecule has 1 unspecified atom stereocenters. The van der Waals surface area contributed by atoms with Gasteiger partial charge < -0.3 is 9.84 Å². The molecule has 1 aromatic heterocycles. The van der Waals surface area contributed by atoms with Crippen LogP contribution in [0.3, 0.4) is 0 Å². The van der Waals surface area contributed by atoms with Crippen LogP contribution >= 0.6 is 0 Å². The zero-order valence-corrected chi connectivity index (χ0v) is 18.9. The van der Waals surface area contributed by atoms with E-state index in [9.17, 15) is 14.7 Å². The van der Waals surface area contributed by atoms with Crippen LogP contribution in [0.25, 0.3) is 5.76 Å². The SMILES string of the molecule is CCCOc1cccc(/C(O)=C2\C(=O)C(=O)N(c3ccc(C)cc3C)C2c2ccccn2)c1. The van der Waals surface area contributed by atoms with E-state index in [0.29, 0.717) is 29.3 Å². The van der Waals surface area contributed by atoms with E-state index in [0.717, 1.165) is 17.5 Å². The Morgan fingerprint density at radius 1 is 1.06 bits per heavy atom. The maximum atomic E-state index is 13.3. The molecule has 1 aliphatic heterocycles. The lowest BCUT2D eigenvalue weighted by atomic mass is 9.97. The fourth-order valence-electron chi connectivity index (χ4n) is 4.08. The highest BCUT2D eigenvalue weighted by Crippen LogP contribution is 2.42. The molecule has 1 fully saturated rings. The largest absolute Gasteiger partial charge is 0.507 e. The van der Waals surface area contributed by atoms with Gasteiger partial charge in [0.05, 0.1) is 17.9 Å². The van der Waals surface area contributed by atoms with Gasteiger partial charge in [0.1, 0.15) is 17.6 Å². The number of benzene rings is 2. The molecule has 0 aliphatic carbocycles. The number of amides is 1. The zero-order chi connectivity index (χ0) is 23.5. The first kappa shape index (κ1) is 22.3. The molecule has 4 rings (SSSR count). The van der Waals surface area contributed by atoms with Gasteiger partial charge in [0.2, 0.25) is 0 Å². The number of ketones is 1. The number of ether oxygens (including phenoxy) is 1. The van der Waals surface area contributed by atoms with Crippen LogP contribution < -0.4 is 9.64 Å². The van der Waals surface area contributed by atoms with E-state index in [1.54, 1.807) is 48.7 Å². The van der Waals surface area contributed by atoms with Crippen molar-refractivity contribution in [2.75, 3.05) is 11.5 Å². The third-order valence-electron chi connectivity index (χ3n) is 5.60. The number of aryl methyl sites for hydroxylation is 2. The molecular formula is C27H26N2O4. The summed E-state index contributed by atoms with van der Waals surface area (Å²) in [6.45, 7) is 6.40. The molecular weight excluding hydrogens is 416 g/mol. The summed E-state index contributed by atoms with van der Waals surface area (Å²) < 4.78 is 5.68. The minimum atomic E-state index is -0.854. The molecule has 2 heterocycles. The first-order valence-corrected chi connectivity index (χ1v) is 10.9. The number of carbonyl (C=O) groups is 2. The topological polar surface area (TPSA) is 79.7 Å². The van der Waals surface area contributed by atoms with Crippen LogP contribution in [0, 0.1) is 13.8 Å². The highest BCUT2D eigenvalue weighted by Gasteiger charge is 2.48. The summed E-state index contributed by atoms with van der Waals surface area (Å²) in [5.74, 6) is -1.11. The molecule has 168 valence electrons. The van der Waals surface area contributed by atoms with Gasteiger partial charge in [-0.05, 0) is 56.2 Å². The quantitative estimate of drug-likeness (QED) is 0.326. The predicted octanol–water partition coefficient (Wildman–Crippen LogP) is 5.11. The van der Waals surface area contributed by atoms with Gasteiger partial charge in [0, 0.05) is 17.4 Å². The smallest absolute Gasteiger partial charge is 0.300 e. The maximum absolute atomic E-state index is 13.3. The van der Waals surface area contributed by atoms with Gasteiger partial charge in [0.25, 0.3) is 11.7 Å². The number of aliphatic hydroxyl groups is 1. The van der Waals surface area contributed by atoms with Gasteiger partial charge in [-0.15, -0.1) is 0 Å². The molecule has 1 saturated heterocycles. The van der Waals surface area contributed by atoms with E-state index in [1.165, 1.54) is 4.90 Å². The Bertz CT molecular complexity index is 1230. The van der Waals surface area contributed by atoms with Crippen LogP contribution in [0.5, 0.6) is 5.75 Å². The Labute approximate surface area is 193 Å². The van der Waals surface area contributed by atoms with Crippen molar-refractivity contribution in [1.29, 1.82) is 0 Å². The van der Waals surface area contributed by atoms with E-state index in [4.69, 9.17) is 4.74 Å². The van der Waals surface area contributed by atoms with Gasteiger partial charge in [-0.1, -0.05) is 42.8 Å². The van der Waals surface area contributed by atoms with E-state index < -0.39 is 17.7 Å². The molecule has 6 nitrogen and oxygen atoms in total. The Kier molecular flexibility index (Phi) is 6.27. The predicted molar refractivity (Wildman–Crippen MR) is 127 cm³/mol. The molecule has 1 atom stereocenters. The van der Waals surface area contributed by atoms with Crippen molar-refractivity contribution in [3.05, 3.63) is 94.8 Å². The van der Waals surface area contributed by atoms with E-state index in [2.05, 4.69) is 4.98 Å². The Hall–Kier alpha value is -3.93. The van der Waals surface area contributed by atoms with Crippen LogP contribution in [0.15, 0.2) is 72.4 Å². The maximum Gasteiger partial charge on any atom is 0.300 e. The molecule has 1 aliphatic rings. The Morgan fingerprint density at radius 2 is 1.88 bits per heavy atom. The number of pyridine rings is 1. The molecule has 0 saturated carbocycles. The van der Waals surface area contributed by atoms with Gasteiger partial charge in [-0.25, -0.2) is 0 Å². The average Bonchev–Trinajstić information content (AvgIpc) is 3.08. The number of hydrogen-bond donors (Lipinski definition) is 1. The molecule has 1 amide bonds. The second kappa shape index (κ2) is 9.28. The Balaban J connectivity index is 1.90. The summed E-state index contributed by atoms with van der Waals surface area (Å²) in [7, 11) is 0. The van der Waals surface area contributed by atoms with Crippen LogP contribution in [0.1, 0.15) is 41.8 Å². The van der Waals surface area contributed by atoms with Gasteiger partial charge in [0.15, 0.2) is 0 Å². The molecule has 3 aromatic rings. The molecule has 1 N–H and O–H groups in total. The molecule has 2 aromatic carbocycles. The van der Waals surface area contributed by atoms with Gasteiger partial charge in [-0.3, -0.25) is 19.5 Å². The van der Waals surface area contributed by atoms with Crippen molar-refractivity contribution in [1.82, 2.24) is 4.98 Å². The molecule has 6 heteroatoms. The van der Waals surface area contributed by atoms with Crippen molar-refractivity contribution in [3.63, 3.8) is 0 Å². The number of anilines is 1. The minimum Gasteiger partial charge on any atom is -0.507 e. The number of hydrogen-bond acceptors (Lipinski definition) is 5. The van der Waals surface area contributed by atoms with Crippen molar-refractivity contribution >= 4 is 23.1 Å². The lowest BCUT2D eigenvalue weighted by Gasteiger charge is -2.26. The van der Waals surface area contributed by atoms with Crippen LogP contribution in [0.4, 0.5) is 5.69 Å². The Morgan fingerprint density at radius 3 is 2.58 bits per heavy atom. The summed E-state index contributed by atoms with van der Waals surface area (Å²) in [5, 5.41) is 11.3. The zero-order valence-electron chi connectivity index (χ0n) is 18.9. The van der Waals surface area contributed by atoms with E-state index >= 15 is 0 Å². The number of carbonyl (C=O) groups excluding carboxylic acids is 2. The number of aliphatic hydroxyl groups excluding tert-OH is 1. The first-order chi connectivity index (χ1) is 15.9. The fourth-order valence-corrected chi connectivity index (χ4v) is 4.08. The first-order valence-electron chi connectivity index (χ1n) is 10.9. The normalized spacial score (nSPS) is 17.4. The van der Waals surface area contributed by atoms with Crippen LogP contribution in [0.2, 0.25) is 0 Å².